The predicted molar refractivity (Wildman–Crippen MR) is 146 cm³/mol. The molecule has 36 heavy (non-hydrogen) atoms. The zero-order valence-electron chi connectivity index (χ0n) is 20.2. The summed E-state index contributed by atoms with van der Waals surface area (Å²) in [6, 6.07) is 24.7. The summed E-state index contributed by atoms with van der Waals surface area (Å²) in [6.45, 7) is 2.04. The fourth-order valence-electron chi connectivity index (χ4n) is 3.48. The lowest BCUT2D eigenvalue weighted by Crippen LogP contribution is -2.51. The summed E-state index contributed by atoms with van der Waals surface area (Å²) in [5.74, 6) is -0.795. The topological polar surface area (TPSA) is 86.7 Å². The van der Waals surface area contributed by atoms with Crippen molar-refractivity contribution in [3.05, 3.63) is 107 Å². The van der Waals surface area contributed by atoms with E-state index in [1.807, 2.05) is 85.8 Å². The predicted octanol–water partition coefficient (Wildman–Crippen LogP) is 5.81. The Bertz CT molecular complexity index is 1180. The number of imide groups is 1. The number of rotatable bonds is 11. The second-order valence-electron chi connectivity index (χ2n) is 8.17. The monoisotopic (exact) mass is 502 g/mol. The maximum Gasteiger partial charge on any atom is 0.327 e. The SMILES string of the molecule is CCCN(C(=O)N[C@@H](CSCc1ccccc1)C(=O)O)C(=O)c1cccc(/C=C/c2ccccc2)c1. The molecule has 0 aliphatic heterocycles. The van der Waals surface area contributed by atoms with Gasteiger partial charge in [-0.25, -0.2) is 9.59 Å². The molecule has 0 unspecified atom stereocenters. The van der Waals surface area contributed by atoms with Gasteiger partial charge in [0.1, 0.15) is 6.04 Å². The van der Waals surface area contributed by atoms with Crippen LogP contribution in [-0.4, -0.2) is 46.3 Å². The third-order valence-corrected chi connectivity index (χ3v) is 6.44. The van der Waals surface area contributed by atoms with Gasteiger partial charge in [0.25, 0.3) is 5.91 Å². The van der Waals surface area contributed by atoms with Crippen LogP contribution in [-0.2, 0) is 10.5 Å². The molecule has 0 aromatic heterocycles. The number of nitrogens with one attached hydrogen (secondary N) is 1. The van der Waals surface area contributed by atoms with Gasteiger partial charge in [-0.15, -0.1) is 0 Å². The van der Waals surface area contributed by atoms with E-state index in [0.29, 0.717) is 17.7 Å². The Morgan fingerprint density at radius 3 is 2.22 bits per heavy atom. The molecule has 0 radical (unpaired) electrons. The molecular weight excluding hydrogens is 472 g/mol. The quantitative estimate of drug-likeness (QED) is 0.323. The number of hydrogen-bond donors (Lipinski definition) is 2. The number of carbonyl (C=O) groups excluding carboxylic acids is 2. The smallest absolute Gasteiger partial charge is 0.327 e. The molecule has 0 saturated carbocycles. The Hall–Kier alpha value is -3.84. The second-order valence-corrected chi connectivity index (χ2v) is 9.20. The van der Waals surface area contributed by atoms with E-state index in [-0.39, 0.29) is 12.3 Å². The number of hydrogen-bond acceptors (Lipinski definition) is 4. The number of carbonyl (C=O) groups is 3. The summed E-state index contributed by atoms with van der Waals surface area (Å²) in [5.41, 5.74) is 3.29. The van der Waals surface area contributed by atoms with Crippen LogP contribution in [0, 0.1) is 0 Å². The van der Waals surface area contributed by atoms with E-state index in [0.717, 1.165) is 21.6 Å². The van der Waals surface area contributed by atoms with Crippen LogP contribution in [0.1, 0.15) is 40.4 Å². The molecule has 0 aliphatic rings. The Kier molecular flexibility index (Phi) is 10.3. The molecule has 0 heterocycles. The fourth-order valence-corrected chi connectivity index (χ4v) is 4.48. The van der Waals surface area contributed by atoms with E-state index in [1.165, 1.54) is 11.8 Å². The van der Waals surface area contributed by atoms with Crippen LogP contribution in [0.2, 0.25) is 0 Å². The number of carboxylic acid groups (broad SMARTS) is 1. The van der Waals surface area contributed by atoms with Gasteiger partial charge >= 0.3 is 12.0 Å². The van der Waals surface area contributed by atoms with Crippen LogP contribution in [0.25, 0.3) is 12.2 Å². The number of urea groups is 1. The third kappa shape index (κ3) is 8.13. The molecule has 1 atom stereocenters. The van der Waals surface area contributed by atoms with Gasteiger partial charge in [-0.2, -0.15) is 11.8 Å². The van der Waals surface area contributed by atoms with Crippen molar-refractivity contribution in [2.45, 2.75) is 25.1 Å². The second kappa shape index (κ2) is 13.9. The van der Waals surface area contributed by atoms with Gasteiger partial charge in [-0.05, 0) is 35.2 Å². The summed E-state index contributed by atoms with van der Waals surface area (Å²) in [5, 5.41) is 12.2. The van der Waals surface area contributed by atoms with Crippen LogP contribution >= 0.6 is 11.8 Å². The molecule has 2 N–H and O–H groups in total. The first-order chi connectivity index (χ1) is 17.5. The molecule has 0 saturated heterocycles. The first kappa shape index (κ1) is 26.8. The van der Waals surface area contributed by atoms with Gasteiger partial charge in [0.05, 0.1) is 0 Å². The van der Waals surface area contributed by atoms with Crippen LogP contribution in [0.3, 0.4) is 0 Å². The maximum absolute atomic E-state index is 13.2. The Balaban J connectivity index is 1.67. The molecule has 0 spiro atoms. The minimum atomic E-state index is -1.14. The average molecular weight is 503 g/mol. The van der Waals surface area contributed by atoms with Crippen molar-refractivity contribution in [2.24, 2.45) is 0 Å². The van der Waals surface area contributed by atoms with Gasteiger partial charge in [-0.1, -0.05) is 91.9 Å². The zero-order valence-corrected chi connectivity index (χ0v) is 21.0. The highest BCUT2D eigenvalue weighted by molar-refractivity contribution is 7.98. The molecule has 3 aromatic carbocycles. The summed E-state index contributed by atoms with van der Waals surface area (Å²) >= 11 is 1.41. The minimum Gasteiger partial charge on any atom is -0.480 e. The largest absolute Gasteiger partial charge is 0.480 e. The summed E-state index contributed by atoms with van der Waals surface area (Å²) in [4.78, 5) is 39.1. The van der Waals surface area contributed by atoms with Crippen LogP contribution in [0.15, 0.2) is 84.9 Å². The number of benzene rings is 3. The van der Waals surface area contributed by atoms with Crippen LogP contribution in [0.4, 0.5) is 4.79 Å². The highest BCUT2D eigenvalue weighted by Gasteiger charge is 2.27. The summed E-state index contributed by atoms with van der Waals surface area (Å²) < 4.78 is 0. The van der Waals surface area contributed by atoms with E-state index in [2.05, 4.69) is 5.32 Å². The number of aliphatic carboxylic acids is 1. The number of nitrogens with zero attached hydrogens (tertiary/aromatic N) is 1. The van der Waals surface area contributed by atoms with E-state index >= 15 is 0 Å². The normalized spacial score (nSPS) is 11.7. The summed E-state index contributed by atoms with van der Waals surface area (Å²) in [6.07, 6.45) is 4.40. The van der Waals surface area contributed by atoms with Crippen molar-refractivity contribution in [3.63, 3.8) is 0 Å². The molecule has 3 amide bonds. The number of carboxylic acids is 1. The maximum atomic E-state index is 13.2. The van der Waals surface area contributed by atoms with Gasteiger partial charge in [0.2, 0.25) is 0 Å². The van der Waals surface area contributed by atoms with E-state index in [4.69, 9.17) is 0 Å². The van der Waals surface area contributed by atoms with Crippen molar-refractivity contribution in [3.8, 4) is 0 Å². The van der Waals surface area contributed by atoms with E-state index in [9.17, 15) is 19.5 Å². The van der Waals surface area contributed by atoms with Crippen LogP contribution in [0.5, 0.6) is 0 Å². The van der Waals surface area contributed by atoms with Crippen molar-refractivity contribution in [1.82, 2.24) is 10.2 Å². The third-order valence-electron chi connectivity index (χ3n) is 5.33. The lowest BCUT2D eigenvalue weighted by atomic mass is 10.1. The van der Waals surface area contributed by atoms with Crippen molar-refractivity contribution >= 4 is 41.8 Å². The Morgan fingerprint density at radius 2 is 1.56 bits per heavy atom. The van der Waals surface area contributed by atoms with Gasteiger partial charge in [-0.3, -0.25) is 9.69 Å². The lowest BCUT2D eigenvalue weighted by Gasteiger charge is -2.23. The van der Waals surface area contributed by atoms with Gasteiger partial charge in [0.15, 0.2) is 0 Å². The molecule has 0 aliphatic carbocycles. The highest BCUT2D eigenvalue weighted by Crippen LogP contribution is 2.15. The first-order valence-corrected chi connectivity index (χ1v) is 12.9. The molecule has 7 heteroatoms. The molecule has 6 nitrogen and oxygen atoms in total. The molecule has 3 rings (SSSR count). The Labute approximate surface area is 216 Å². The standard InChI is InChI=1S/C29H30N2O4S/c1-2-18-31(29(35)30-26(28(33)34)21-36-20-24-12-7-4-8-13-24)27(32)25-15-9-14-23(19-25)17-16-22-10-5-3-6-11-22/h3-17,19,26H,2,18,20-21H2,1H3,(H,30,35)(H,33,34)/b17-16+/t26-/m0/s1. The zero-order chi connectivity index (χ0) is 25.8. The van der Waals surface area contributed by atoms with Crippen LogP contribution < -0.4 is 5.32 Å². The molecule has 0 fully saturated rings. The molecular formula is C29H30N2O4S. The van der Waals surface area contributed by atoms with Gasteiger partial charge < -0.3 is 10.4 Å². The summed E-state index contributed by atoms with van der Waals surface area (Å²) in [7, 11) is 0. The lowest BCUT2D eigenvalue weighted by molar-refractivity contribution is -0.138. The number of thioether (sulfide) groups is 1. The van der Waals surface area contributed by atoms with E-state index in [1.54, 1.807) is 18.2 Å². The Morgan fingerprint density at radius 1 is 0.917 bits per heavy atom. The molecule has 3 aromatic rings. The van der Waals surface area contributed by atoms with Crippen molar-refractivity contribution < 1.29 is 19.5 Å². The number of amides is 3. The van der Waals surface area contributed by atoms with Gasteiger partial charge in [0, 0.05) is 23.6 Å². The van der Waals surface area contributed by atoms with Crippen molar-refractivity contribution in [1.29, 1.82) is 0 Å². The fraction of sp³-hybridized carbons (Fsp3) is 0.207. The average Bonchev–Trinajstić information content (AvgIpc) is 2.90. The van der Waals surface area contributed by atoms with E-state index < -0.39 is 23.9 Å². The van der Waals surface area contributed by atoms with Crippen molar-refractivity contribution in [2.75, 3.05) is 12.3 Å². The minimum absolute atomic E-state index is 0.179. The molecule has 186 valence electrons. The highest BCUT2D eigenvalue weighted by atomic mass is 32.2. The molecule has 0 bridgehead atoms. The first-order valence-electron chi connectivity index (χ1n) is 11.8.